The Hall–Kier alpha value is -1.05. The zero-order chi connectivity index (χ0) is 8.55. The highest BCUT2D eigenvalue weighted by molar-refractivity contribution is 5.32. The zero-order valence-corrected chi connectivity index (χ0v) is 7.50. The first-order valence-corrected chi connectivity index (χ1v) is 4.34. The first kappa shape index (κ1) is 7.59. The molecule has 64 valence electrons. The molecular formula is C10H13NO. The Balaban J connectivity index is 2.37. The van der Waals surface area contributed by atoms with Gasteiger partial charge in [0.1, 0.15) is 5.75 Å². The number of ether oxygens (including phenoxy) is 1. The average Bonchev–Trinajstić information content (AvgIpc) is 2.05. The van der Waals surface area contributed by atoms with Crippen molar-refractivity contribution in [1.29, 1.82) is 0 Å². The monoisotopic (exact) mass is 163 g/mol. The number of nitrogens with zero attached hydrogens (tertiary/aromatic N) is 1. The summed E-state index contributed by atoms with van der Waals surface area (Å²) in [6.45, 7) is 5.05. The van der Waals surface area contributed by atoms with Crippen LogP contribution in [0.2, 0.25) is 0 Å². The maximum Gasteiger partial charge on any atom is 0.141 e. The quantitative estimate of drug-likeness (QED) is 0.583. The third-order valence-corrected chi connectivity index (χ3v) is 2.13. The van der Waals surface area contributed by atoms with Gasteiger partial charge in [-0.3, -0.25) is 4.98 Å². The molecule has 1 aromatic heterocycles. The van der Waals surface area contributed by atoms with E-state index in [1.54, 1.807) is 0 Å². The third kappa shape index (κ3) is 1.29. The summed E-state index contributed by atoms with van der Waals surface area (Å²) in [5.74, 6) is 1.58. The van der Waals surface area contributed by atoms with Gasteiger partial charge in [-0.15, -0.1) is 0 Å². The Morgan fingerprint density at radius 3 is 3.25 bits per heavy atom. The van der Waals surface area contributed by atoms with Crippen LogP contribution in [0.4, 0.5) is 0 Å². The summed E-state index contributed by atoms with van der Waals surface area (Å²) in [6, 6.07) is 2.06. The number of hydrogen-bond acceptors (Lipinski definition) is 2. The van der Waals surface area contributed by atoms with E-state index in [4.69, 9.17) is 4.74 Å². The molecule has 0 amide bonds. The van der Waals surface area contributed by atoms with Crippen molar-refractivity contribution in [1.82, 2.24) is 4.98 Å². The van der Waals surface area contributed by atoms with E-state index < -0.39 is 0 Å². The van der Waals surface area contributed by atoms with Gasteiger partial charge in [0.25, 0.3) is 0 Å². The summed E-state index contributed by atoms with van der Waals surface area (Å²) < 4.78 is 5.55. The van der Waals surface area contributed by atoms with Crippen LogP contribution in [0.25, 0.3) is 0 Å². The number of fused-ring (bicyclic) bond motifs is 1. The molecule has 0 fully saturated rings. The van der Waals surface area contributed by atoms with Crippen molar-refractivity contribution in [2.45, 2.75) is 20.3 Å². The van der Waals surface area contributed by atoms with Crippen molar-refractivity contribution in [2.75, 3.05) is 6.61 Å². The summed E-state index contributed by atoms with van der Waals surface area (Å²) in [7, 11) is 0. The molecule has 1 aliphatic heterocycles. The predicted molar refractivity (Wildman–Crippen MR) is 47.3 cm³/mol. The molecule has 12 heavy (non-hydrogen) atoms. The number of rotatable bonds is 0. The largest absolute Gasteiger partial charge is 0.491 e. The Morgan fingerprint density at radius 2 is 2.42 bits per heavy atom. The molecule has 0 saturated carbocycles. The highest BCUT2D eigenvalue weighted by Crippen LogP contribution is 2.25. The van der Waals surface area contributed by atoms with E-state index in [1.807, 2.05) is 13.1 Å². The normalized spacial score (nSPS) is 21.3. The smallest absolute Gasteiger partial charge is 0.141 e. The lowest BCUT2D eigenvalue weighted by Crippen LogP contribution is -2.19. The molecule has 1 unspecified atom stereocenters. The molecule has 1 aromatic rings. The van der Waals surface area contributed by atoms with E-state index >= 15 is 0 Å². The minimum atomic E-state index is 0.604. The van der Waals surface area contributed by atoms with E-state index in [-0.39, 0.29) is 0 Å². The van der Waals surface area contributed by atoms with E-state index in [0.29, 0.717) is 5.92 Å². The van der Waals surface area contributed by atoms with Crippen LogP contribution in [-0.2, 0) is 6.42 Å². The van der Waals surface area contributed by atoms with Gasteiger partial charge in [0.15, 0.2) is 0 Å². The molecule has 0 N–H and O–H groups in total. The first-order valence-electron chi connectivity index (χ1n) is 4.34. The van der Waals surface area contributed by atoms with Gasteiger partial charge in [-0.1, -0.05) is 6.92 Å². The van der Waals surface area contributed by atoms with Gasteiger partial charge < -0.3 is 4.74 Å². The Bertz CT molecular complexity index is 296. The number of hydrogen-bond donors (Lipinski definition) is 0. The molecule has 1 aliphatic rings. The van der Waals surface area contributed by atoms with Crippen LogP contribution < -0.4 is 4.74 Å². The lowest BCUT2D eigenvalue weighted by atomic mass is 10.0. The summed E-state index contributed by atoms with van der Waals surface area (Å²) in [6.07, 6.45) is 2.95. The van der Waals surface area contributed by atoms with Gasteiger partial charge in [-0.05, 0) is 30.9 Å². The topological polar surface area (TPSA) is 22.1 Å². The Kier molecular flexibility index (Phi) is 1.75. The molecule has 0 bridgehead atoms. The van der Waals surface area contributed by atoms with E-state index in [0.717, 1.165) is 24.5 Å². The highest BCUT2D eigenvalue weighted by Gasteiger charge is 2.16. The average molecular weight is 163 g/mol. The van der Waals surface area contributed by atoms with Crippen molar-refractivity contribution in [3.63, 3.8) is 0 Å². The first-order chi connectivity index (χ1) is 5.75. The van der Waals surface area contributed by atoms with Crippen LogP contribution in [0.15, 0.2) is 12.3 Å². The highest BCUT2D eigenvalue weighted by atomic mass is 16.5. The van der Waals surface area contributed by atoms with E-state index in [9.17, 15) is 0 Å². The van der Waals surface area contributed by atoms with Crippen LogP contribution in [-0.4, -0.2) is 11.6 Å². The number of aryl methyl sites for hydroxylation is 1. The second kappa shape index (κ2) is 2.77. The summed E-state index contributed by atoms with van der Waals surface area (Å²) in [5.41, 5.74) is 2.28. The molecule has 2 nitrogen and oxygen atoms in total. The van der Waals surface area contributed by atoms with E-state index in [1.165, 1.54) is 5.56 Å². The Morgan fingerprint density at radius 1 is 1.58 bits per heavy atom. The van der Waals surface area contributed by atoms with Crippen molar-refractivity contribution in [3.05, 3.63) is 23.5 Å². The molecule has 0 saturated heterocycles. The number of aromatic nitrogens is 1. The fraction of sp³-hybridized carbons (Fsp3) is 0.500. The maximum atomic E-state index is 5.55. The van der Waals surface area contributed by atoms with Crippen LogP contribution in [0.3, 0.4) is 0 Å². The molecule has 0 aliphatic carbocycles. The van der Waals surface area contributed by atoms with Crippen molar-refractivity contribution in [3.8, 4) is 5.75 Å². The van der Waals surface area contributed by atoms with Crippen LogP contribution >= 0.6 is 0 Å². The van der Waals surface area contributed by atoms with Gasteiger partial charge >= 0.3 is 0 Å². The van der Waals surface area contributed by atoms with Crippen LogP contribution in [0, 0.1) is 12.8 Å². The van der Waals surface area contributed by atoms with Gasteiger partial charge in [-0.2, -0.15) is 0 Å². The molecule has 1 atom stereocenters. The van der Waals surface area contributed by atoms with Gasteiger partial charge in [-0.25, -0.2) is 0 Å². The molecular weight excluding hydrogens is 150 g/mol. The zero-order valence-electron chi connectivity index (χ0n) is 7.50. The molecule has 0 aromatic carbocycles. The molecule has 2 heterocycles. The van der Waals surface area contributed by atoms with Gasteiger partial charge in [0, 0.05) is 6.20 Å². The van der Waals surface area contributed by atoms with Gasteiger partial charge in [0.2, 0.25) is 0 Å². The maximum absolute atomic E-state index is 5.55. The summed E-state index contributed by atoms with van der Waals surface area (Å²) in [5, 5.41) is 0. The fourth-order valence-electron chi connectivity index (χ4n) is 1.47. The molecule has 2 heteroatoms. The van der Waals surface area contributed by atoms with Crippen molar-refractivity contribution >= 4 is 0 Å². The Labute approximate surface area is 72.6 Å². The van der Waals surface area contributed by atoms with Crippen molar-refractivity contribution in [2.24, 2.45) is 5.92 Å². The molecule has 0 radical (unpaired) electrons. The SMILES string of the molecule is Cc1cnc2c(c1)OCC(C)C2. The lowest BCUT2D eigenvalue weighted by molar-refractivity contribution is 0.230. The molecule has 2 rings (SSSR count). The third-order valence-electron chi connectivity index (χ3n) is 2.13. The van der Waals surface area contributed by atoms with E-state index in [2.05, 4.69) is 18.0 Å². The second-order valence-electron chi connectivity index (χ2n) is 3.58. The second-order valence-corrected chi connectivity index (χ2v) is 3.58. The minimum Gasteiger partial charge on any atom is -0.491 e. The standard InChI is InChI=1S/C10H13NO/c1-7-4-10-9(11-5-7)3-8(2)6-12-10/h4-5,8H,3,6H2,1-2H3. The molecule has 0 spiro atoms. The van der Waals surface area contributed by atoms with Crippen molar-refractivity contribution < 1.29 is 4.74 Å². The minimum absolute atomic E-state index is 0.604. The van der Waals surface area contributed by atoms with Crippen LogP contribution in [0.5, 0.6) is 5.75 Å². The summed E-state index contributed by atoms with van der Waals surface area (Å²) >= 11 is 0. The van der Waals surface area contributed by atoms with Gasteiger partial charge in [0.05, 0.1) is 12.3 Å². The lowest BCUT2D eigenvalue weighted by Gasteiger charge is -2.21. The number of pyridine rings is 1. The fourth-order valence-corrected chi connectivity index (χ4v) is 1.47. The summed E-state index contributed by atoms with van der Waals surface area (Å²) in [4.78, 5) is 4.34. The predicted octanol–water partition coefficient (Wildman–Crippen LogP) is 1.96. The van der Waals surface area contributed by atoms with Crippen LogP contribution in [0.1, 0.15) is 18.2 Å².